The van der Waals surface area contributed by atoms with Gasteiger partial charge in [0.05, 0.1) is 33.1 Å². The van der Waals surface area contributed by atoms with Crippen LogP contribution in [0, 0.1) is 0 Å². The van der Waals surface area contributed by atoms with E-state index < -0.39 is 0 Å². The summed E-state index contributed by atoms with van der Waals surface area (Å²) in [5, 5.41) is 5.79. The van der Waals surface area contributed by atoms with Crippen LogP contribution in [0.25, 0.3) is 0 Å². The number of hydrogen-bond donors (Lipinski definition) is 2. The van der Waals surface area contributed by atoms with Gasteiger partial charge in [0, 0.05) is 0 Å². The normalized spacial score (nSPS) is 11.4. The Labute approximate surface area is 148 Å². The number of rotatable bonds is 7. The van der Waals surface area contributed by atoms with Crippen LogP contribution >= 0.6 is 0 Å². The second-order valence-corrected chi connectivity index (χ2v) is 5.37. The van der Waals surface area contributed by atoms with Crippen molar-refractivity contribution < 1.29 is 19.0 Å². The van der Waals surface area contributed by atoms with Gasteiger partial charge in [-0.1, -0.05) is 25.1 Å². The molecule has 0 aliphatic heterocycles. The summed E-state index contributed by atoms with van der Waals surface area (Å²) in [6.07, 6.45) is 0.731. The molecule has 0 saturated heterocycles. The third-order valence-corrected chi connectivity index (χ3v) is 3.88. The van der Waals surface area contributed by atoms with Crippen molar-refractivity contribution in [2.75, 3.05) is 26.6 Å². The molecule has 0 spiro atoms. The number of methoxy groups -OCH3 is 3. The maximum absolute atomic E-state index is 12.4. The highest BCUT2D eigenvalue weighted by Crippen LogP contribution is 2.31. The third kappa shape index (κ3) is 4.56. The average Bonchev–Trinajstić information content (AvgIpc) is 2.65. The molecule has 25 heavy (non-hydrogen) atoms. The molecule has 0 aliphatic carbocycles. The van der Waals surface area contributed by atoms with Crippen LogP contribution in [0.2, 0.25) is 0 Å². The number of carbonyl (C=O) groups excluding carboxylic acids is 1. The van der Waals surface area contributed by atoms with Crippen LogP contribution < -0.4 is 24.8 Å². The lowest BCUT2D eigenvalue weighted by Gasteiger charge is -2.20. The number of para-hydroxylation sites is 2. The van der Waals surface area contributed by atoms with Crippen LogP contribution in [0.5, 0.6) is 17.2 Å². The minimum absolute atomic E-state index is 0.158. The quantitative estimate of drug-likeness (QED) is 0.797. The number of carbonyl (C=O) groups is 1. The minimum atomic E-state index is -0.300. The highest BCUT2D eigenvalue weighted by Gasteiger charge is 2.16. The number of amides is 2. The Bertz CT molecular complexity index is 718. The van der Waals surface area contributed by atoms with Gasteiger partial charge in [-0.2, -0.15) is 0 Å². The fourth-order valence-electron chi connectivity index (χ4n) is 2.56. The van der Waals surface area contributed by atoms with Gasteiger partial charge in [0.1, 0.15) is 5.75 Å². The van der Waals surface area contributed by atoms with Gasteiger partial charge in [-0.05, 0) is 36.2 Å². The molecule has 0 radical (unpaired) electrons. The number of nitrogens with one attached hydrogen (secondary N) is 2. The lowest BCUT2D eigenvalue weighted by molar-refractivity contribution is 0.248. The van der Waals surface area contributed by atoms with E-state index in [4.69, 9.17) is 14.2 Å². The summed E-state index contributed by atoms with van der Waals surface area (Å²) in [6.45, 7) is 2.00. The van der Waals surface area contributed by atoms with Crippen LogP contribution in [-0.2, 0) is 0 Å². The first-order chi connectivity index (χ1) is 12.1. The molecule has 2 amide bonds. The fraction of sp³-hybridized carbons (Fsp3) is 0.316. The van der Waals surface area contributed by atoms with Gasteiger partial charge in [-0.3, -0.25) is 0 Å². The van der Waals surface area contributed by atoms with Crippen molar-refractivity contribution >= 4 is 11.7 Å². The summed E-state index contributed by atoms with van der Waals surface area (Å²) in [5.74, 6) is 1.89. The molecule has 2 aromatic carbocycles. The lowest BCUT2D eigenvalue weighted by atomic mass is 10.0. The Morgan fingerprint density at radius 3 is 2.28 bits per heavy atom. The highest BCUT2D eigenvalue weighted by atomic mass is 16.5. The van der Waals surface area contributed by atoms with Gasteiger partial charge in [0.25, 0.3) is 0 Å². The molecule has 0 bridgehead atoms. The van der Waals surface area contributed by atoms with Crippen LogP contribution in [0.4, 0.5) is 10.5 Å². The maximum Gasteiger partial charge on any atom is 0.319 e. The predicted molar refractivity (Wildman–Crippen MR) is 97.7 cm³/mol. The van der Waals surface area contributed by atoms with Gasteiger partial charge in [0.15, 0.2) is 11.5 Å². The molecule has 0 unspecified atom stereocenters. The van der Waals surface area contributed by atoms with Gasteiger partial charge in [-0.15, -0.1) is 0 Å². The molecule has 0 heterocycles. The molecule has 6 heteroatoms. The summed E-state index contributed by atoms with van der Waals surface area (Å²) in [5.41, 5.74) is 1.56. The van der Waals surface area contributed by atoms with E-state index in [0.29, 0.717) is 22.9 Å². The number of hydrogen-bond acceptors (Lipinski definition) is 4. The van der Waals surface area contributed by atoms with Gasteiger partial charge < -0.3 is 24.8 Å². The van der Waals surface area contributed by atoms with E-state index in [1.165, 1.54) is 0 Å². The van der Waals surface area contributed by atoms with Crippen molar-refractivity contribution in [3.8, 4) is 17.2 Å². The summed E-state index contributed by atoms with van der Waals surface area (Å²) < 4.78 is 15.8. The Morgan fingerprint density at radius 2 is 1.64 bits per heavy atom. The van der Waals surface area contributed by atoms with E-state index in [-0.39, 0.29) is 12.1 Å². The van der Waals surface area contributed by atoms with Crippen LogP contribution in [-0.4, -0.2) is 27.4 Å². The first-order valence-electron chi connectivity index (χ1n) is 8.05. The molecular weight excluding hydrogens is 320 g/mol. The van der Waals surface area contributed by atoms with E-state index in [9.17, 15) is 4.79 Å². The SMILES string of the molecule is CC[C@@H](NC(=O)Nc1ccccc1OC)c1ccc(OC)c(OC)c1. The van der Waals surface area contributed by atoms with Crippen molar-refractivity contribution in [1.29, 1.82) is 0 Å². The standard InChI is InChI=1S/C19H24N2O4/c1-5-14(13-10-11-17(24-3)18(12-13)25-4)20-19(22)21-15-8-6-7-9-16(15)23-2/h6-12,14H,5H2,1-4H3,(H2,20,21,22)/t14-/m1/s1. The highest BCUT2D eigenvalue weighted by molar-refractivity contribution is 5.91. The molecule has 1 atom stereocenters. The molecule has 0 aliphatic rings. The number of anilines is 1. The fourth-order valence-corrected chi connectivity index (χ4v) is 2.56. The molecule has 2 N–H and O–H groups in total. The van der Waals surface area contributed by atoms with Gasteiger partial charge in [0.2, 0.25) is 0 Å². The number of benzene rings is 2. The Morgan fingerprint density at radius 1 is 0.960 bits per heavy atom. The molecular formula is C19H24N2O4. The van der Waals surface area contributed by atoms with E-state index in [2.05, 4.69) is 10.6 Å². The third-order valence-electron chi connectivity index (χ3n) is 3.88. The minimum Gasteiger partial charge on any atom is -0.495 e. The average molecular weight is 344 g/mol. The van der Waals surface area contributed by atoms with Crippen molar-refractivity contribution in [2.24, 2.45) is 0 Å². The second-order valence-electron chi connectivity index (χ2n) is 5.37. The second kappa shape index (κ2) is 8.82. The van der Waals surface area contributed by atoms with E-state index in [1.807, 2.05) is 37.3 Å². The molecule has 0 saturated carbocycles. The first kappa shape index (κ1) is 18.4. The first-order valence-corrected chi connectivity index (χ1v) is 8.05. The Kier molecular flexibility index (Phi) is 6.51. The Hall–Kier alpha value is -2.89. The van der Waals surface area contributed by atoms with Crippen LogP contribution in [0.3, 0.4) is 0 Å². The molecule has 0 aromatic heterocycles. The van der Waals surface area contributed by atoms with E-state index in [0.717, 1.165) is 12.0 Å². The van der Waals surface area contributed by atoms with Gasteiger partial charge in [-0.25, -0.2) is 4.79 Å². The molecule has 2 rings (SSSR count). The summed E-state index contributed by atoms with van der Waals surface area (Å²) in [4.78, 5) is 12.4. The van der Waals surface area contributed by atoms with Crippen molar-refractivity contribution in [3.63, 3.8) is 0 Å². The van der Waals surface area contributed by atoms with E-state index >= 15 is 0 Å². The predicted octanol–water partition coefficient (Wildman–Crippen LogP) is 3.99. The lowest BCUT2D eigenvalue weighted by Crippen LogP contribution is -2.32. The van der Waals surface area contributed by atoms with Crippen molar-refractivity contribution in [3.05, 3.63) is 48.0 Å². The zero-order valence-electron chi connectivity index (χ0n) is 15.0. The van der Waals surface area contributed by atoms with Crippen LogP contribution in [0.15, 0.2) is 42.5 Å². The zero-order valence-corrected chi connectivity index (χ0v) is 15.0. The van der Waals surface area contributed by atoms with Crippen molar-refractivity contribution in [2.45, 2.75) is 19.4 Å². The molecule has 134 valence electrons. The molecule has 6 nitrogen and oxygen atoms in total. The van der Waals surface area contributed by atoms with Crippen LogP contribution in [0.1, 0.15) is 24.9 Å². The summed E-state index contributed by atoms with van der Waals surface area (Å²) >= 11 is 0. The number of urea groups is 1. The molecule has 2 aromatic rings. The largest absolute Gasteiger partial charge is 0.495 e. The maximum atomic E-state index is 12.4. The van der Waals surface area contributed by atoms with E-state index in [1.54, 1.807) is 33.5 Å². The molecule has 0 fully saturated rings. The monoisotopic (exact) mass is 344 g/mol. The smallest absolute Gasteiger partial charge is 0.319 e. The number of ether oxygens (including phenoxy) is 3. The summed E-state index contributed by atoms with van der Waals surface area (Å²) in [7, 11) is 4.75. The van der Waals surface area contributed by atoms with Gasteiger partial charge >= 0.3 is 6.03 Å². The topological polar surface area (TPSA) is 68.8 Å². The van der Waals surface area contributed by atoms with Crippen molar-refractivity contribution in [1.82, 2.24) is 5.32 Å². The zero-order chi connectivity index (χ0) is 18.2. The Balaban J connectivity index is 2.12. The summed E-state index contributed by atoms with van der Waals surface area (Å²) in [6, 6.07) is 12.4.